The lowest BCUT2D eigenvalue weighted by Crippen LogP contribution is -2.51. The van der Waals surface area contributed by atoms with Crippen molar-refractivity contribution in [2.75, 3.05) is 38.2 Å². The monoisotopic (exact) mass is 598 g/mol. The van der Waals surface area contributed by atoms with Crippen LogP contribution >= 0.6 is 0 Å². The molecule has 2 aromatic heterocycles. The zero-order valence-corrected chi connectivity index (χ0v) is 23.9. The van der Waals surface area contributed by atoms with Gasteiger partial charge in [-0.25, -0.2) is 18.2 Å². The van der Waals surface area contributed by atoms with Crippen molar-refractivity contribution in [2.24, 2.45) is 0 Å². The van der Waals surface area contributed by atoms with E-state index >= 15 is 4.39 Å². The number of fused-ring (bicyclic) bond motifs is 4. The van der Waals surface area contributed by atoms with E-state index in [9.17, 15) is 13.9 Å². The zero-order chi connectivity index (χ0) is 30.7. The number of aromatic hydroxyl groups is 1. The Labute approximate surface area is 252 Å². The van der Waals surface area contributed by atoms with E-state index in [0.717, 1.165) is 12.8 Å². The van der Waals surface area contributed by atoms with Crippen LogP contribution in [0.1, 0.15) is 30.5 Å². The van der Waals surface area contributed by atoms with Crippen molar-refractivity contribution >= 4 is 27.5 Å². The summed E-state index contributed by atoms with van der Waals surface area (Å²) in [6.45, 7) is 1.64. The highest BCUT2D eigenvalue weighted by molar-refractivity contribution is 6.04. The number of likely N-dealkylation sites (tertiary alicyclic amines) is 1. The molecule has 3 saturated heterocycles. The molecule has 224 valence electrons. The van der Waals surface area contributed by atoms with Crippen molar-refractivity contribution in [1.29, 1.82) is 0 Å². The van der Waals surface area contributed by atoms with Gasteiger partial charge in [0.2, 0.25) is 0 Å². The highest BCUT2D eigenvalue weighted by Crippen LogP contribution is 2.40. The highest BCUT2D eigenvalue weighted by Gasteiger charge is 2.35. The van der Waals surface area contributed by atoms with Crippen LogP contribution in [0, 0.1) is 36.3 Å². The van der Waals surface area contributed by atoms with Gasteiger partial charge in [-0.3, -0.25) is 4.90 Å². The molecule has 0 radical (unpaired) electrons. The van der Waals surface area contributed by atoms with Crippen LogP contribution < -0.4 is 15.0 Å². The third-order valence-corrected chi connectivity index (χ3v) is 8.89. The summed E-state index contributed by atoms with van der Waals surface area (Å²) < 4.78 is 51.7. The lowest BCUT2D eigenvalue weighted by atomic mass is 9.95. The normalized spacial score (nSPS) is 23.3. The minimum absolute atomic E-state index is 0.0627. The number of anilines is 1. The van der Waals surface area contributed by atoms with Gasteiger partial charge in [-0.05, 0) is 55.8 Å². The second-order valence-corrected chi connectivity index (χ2v) is 11.8. The number of aromatic nitrogens is 3. The Hall–Kier alpha value is -4.58. The number of phenols is 1. The van der Waals surface area contributed by atoms with E-state index in [4.69, 9.17) is 22.6 Å². The highest BCUT2D eigenvalue weighted by atomic mass is 19.1. The third kappa shape index (κ3) is 4.73. The van der Waals surface area contributed by atoms with Crippen molar-refractivity contribution in [2.45, 2.75) is 43.6 Å². The van der Waals surface area contributed by atoms with E-state index in [2.05, 4.69) is 27.1 Å². The molecule has 0 spiro atoms. The second-order valence-electron chi connectivity index (χ2n) is 11.8. The molecule has 4 atom stereocenters. The van der Waals surface area contributed by atoms with Gasteiger partial charge in [-0.15, -0.1) is 12.8 Å². The van der Waals surface area contributed by atoms with Crippen LogP contribution in [0.3, 0.4) is 0 Å². The molecule has 0 amide bonds. The number of nitrogens with zero attached hydrogens (tertiary/aromatic N) is 5. The molecule has 3 aliphatic rings. The van der Waals surface area contributed by atoms with Crippen LogP contribution in [-0.4, -0.2) is 82.5 Å². The summed E-state index contributed by atoms with van der Waals surface area (Å²) in [6, 6.07) is 5.51. The van der Waals surface area contributed by atoms with Crippen LogP contribution in [0.15, 0.2) is 24.3 Å². The number of phenolic OH excluding ortho intramolecular Hbond substituents is 1. The first kappa shape index (κ1) is 28.2. The maximum atomic E-state index is 16.8. The number of pyridine rings is 1. The number of nitrogens with one attached hydrogen (secondary N) is 1. The molecule has 2 aromatic carbocycles. The Kier molecular flexibility index (Phi) is 6.95. The molecule has 3 fully saturated rings. The number of alkyl halides is 1. The molecule has 2 N–H and O–H groups in total. The summed E-state index contributed by atoms with van der Waals surface area (Å²) in [5, 5.41) is 15.0. The van der Waals surface area contributed by atoms with Crippen molar-refractivity contribution < 1.29 is 23.0 Å². The van der Waals surface area contributed by atoms with E-state index in [1.54, 1.807) is 0 Å². The Balaban J connectivity index is 1.44. The van der Waals surface area contributed by atoms with Crippen molar-refractivity contribution in [1.82, 2.24) is 25.2 Å². The molecule has 0 unspecified atom stereocenters. The number of ether oxygens (including phenoxy) is 1. The van der Waals surface area contributed by atoms with E-state index in [0.29, 0.717) is 37.3 Å². The quantitative estimate of drug-likeness (QED) is 0.332. The number of terminal acetylenes is 2. The van der Waals surface area contributed by atoms with Crippen molar-refractivity contribution in [3.8, 4) is 47.7 Å². The predicted octanol–water partition coefficient (Wildman–Crippen LogP) is 4.15. The van der Waals surface area contributed by atoms with E-state index in [-0.39, 0.29) is 75.3 Å². The fourth-order valence-corrected chi connectivity index (χ4v) is 6.81. The Morgan fingerprint density at radius 1 is 1.05 bits per heavy atom. The van der Waals surface area contributed by atoms with Crippen LogP contribution in [0.25, 0.3) is 32.9 Å². The average molecular weight is 599 g/mol. The molecule has 0 saturated carbocycles. The summed E-state index contributed by atoms with van der Waals surface area (Å²) in [5.41, 5.74) is -0.341. The van der Waals surface area contributed by atoms with Crippen LogP contribution in [-0.2, 0) is 0 Å². The predicted molar refractivity (Wildman–Crippen MR) is 161 cm³/mol. The van der Waals surface area contributed by atoms with Gasteiger partial charge < -0.3 is 20.1 Å². The first-order valence-electron chi connectivity index (χ1n) is 14.5. The number of benzene rings is 2. The van der Waals surface area contributed by atoms with Gasteiger partial charge in [0.25, 0.3) is 0 Å². The second kappa shape index (κ2) is 10.8. The first-order chi connectivity index (χ1) is 21.2. The van der Waals surface area contributed by atoms with Gasteiger partial charge in [-0.2, -0.15) is 9.97 Å². The Bertz CT molecular complexity index is 1890. The summed E-state index contributed by atoms with van der Waals surface area (Å²) in [7, 11) is 1.82. The SMILES string of the molecule is C#Cc1c(F)ccc2cc(O)cc(-c3nc(C#C)c4c(N5C[C@H]6CC[C@@H](C5)N6)nc(OC[C@@H]5C[C@@H](F)CN5C)nc4c3F)c12. The van der Waals surface area contributed by atoms with E-state index in [1.165, 1.54) is 24.3 Å². The fraction of sp³-hybridized carbons (Fsp3) is 0.364. The summed E-state index contributed by atoms with van der Waals surface area (Å²) in [5.74, 6) is 3.58. The maximum Gasteiger partial charge on any atom is 0.319 e. The van der Waals surface area contributed by atoms with E-state index < -0.39 is 17.8 Å². The Morgan fingerprint density at radius 2 is 1.82 bits per heavy atom. The number of halogens is 3. The molecule has 8 nitrogen and oxygen atoms in total. The molecule has 4 aromatic rings. The Morgan fingerprint density at radius 3 is 2.50 bits per heavy atom. The topological polar surface area (TPSA) is 86.6 Å². The van der Waals surface area contributed by atoms with Gasteiger partial charge in [0.15, 0.2) is 5.82 Å². The van der Waals surface area contributed by atoms with Crippen LogP contribution in [0.5, 0.6) is 11.8 Å². The molecular formula is C33H29F3N6O2. The summed E-state index contributed by atoms with van der Waals surface area (Å²) in [4.78, 5) is 17.6. The lowest BCUT2D eigenvalue weighted by molar-refractivity contribution is 0.188. The minimum atomic E-state index is -0.961. The van der Waals surface area contributed by atoms with Crippen molar-refractivity contribution in [3.63, 3.8) is 0 Å². The van der Waals surface area contributed by atoms with Gasteiger partial charge in [-0.1, -0.05) is 12.0 Å². The number of likely N-dealkylation sites (N-methyl/N-ethyl adjacent to an activating group) is 1. The minimum Gasteiger partial charge on any atom is -0.508 e. The molecule has 11 heteroatoms. The molecular weight excluding hydrogens is 569 g/mol. The number of hydrogen-bond acceptors (Lipinski definition) is 8. The molecule has 7 rings (SSSR count). The van der Waals surface area contributed by atoms with Gasteiger partial charge in [0.05, 0.1) is 10.9 Å². The molecule has 0 aliphatic carbocycles. The molecule has 44 heavy (non-hydrogen) atoms. The summed E-state index contributed by atoms with van der Waals surface area (Å²) >= 11 is 0. The largest absolute Gasteiger partial charge is 0.508 e. The van der Waals surface area contributed by atoms with Gasteiger partial charge >= 0.3 is 6.01 Å². The first-order valence-corrected chi connectivity index (χ1v) is 14.5. The third-order valence-electron chi connectivity index (χ3n) is 8.89. The number of hydrogen-bond donors (Lipinski definition) is 2. The fourth-order valence-electron chi connectivity index (χ4n) is 6.81. The molecule has 2 bridgehead atoms. The van der Waals surface area contributed by atoms with Crippen LogP contribution in [0.4, 0.5) is 19.0 Å². The van der Waals surface area contributed by atoms with E-state index in [1.807, 2.05) is 16.8 Å². The van der Waals surface area contributed by atoms with Crippen molar-refractivity contribution in [3.05, 3.63) is 47.2 Å². The van der Waals surface area contributed by atoms with Crippen LogP contribution in [0.2, 0.25) is 0 Å². The van der Waals surface area contributed by atoms with Gasteiger partial charge in [0, 0.05) is 48.7 Å². The number of rotatable bonds is 5. The maximum absolute atomic E-state index is 16.8. The molecule has 3 aliphatic heterocycles. The number of piperazine rings is 1. The smallest absolute Gasteiger partial charge is 0.319 e. The van der Waals surface area contributed by atoms with Gasteiger partial charge in [0.1, 0.15) is 47.1 Å². The zero-order valence-electron chi connectivity index (χ0n) is 23.9. The lowest BCUT2D eigenvalue weighted by Gasteiger charge is -2.34. The molecule has 5 heterocycles. The standard InChI is InChI=1S/C33H29F3N6O2/c1-4-23-25(35)9-6-17-10-22(43)12-24(27(17)23)30-29(36)31-28(26(5-2)38-30)32(42-14-19-7-8-20(15-42)37-19)40-33(39-31)44-16-21-11-18(34)13-41(21)3/h1-2,6,9-10,12,18-21,37,43H,7-8,11,13-16H2,3H3/t18-,19-,20+,21+/m1/s1. The average Bonchev–Trinajstić information content (AvgIpc) is 3.53. The summed E-state index contributed by atoms with van der Waals surface area (Å²) in [6.07, 6.45) is 13.0.